The van der Waals surface area contributed by atoms with Gasteiger partial charge in [-0.1, -0.05) is 24.3 Å². The fourth-order valence-corrected chi connectivity index (χ4v) is 2.53. The van der Waals surface area contributed by atoms with Gasteiger partial charge in [0.25, 0.3) is 5.91 Å². The molecule has 0 radical (unpaired) electrons. The Hall–Kier alpha value is -3.23. The van der Waals surface area contributed by atoms with Crippen molar-refractivity contribution >= 4 is 17.8 Å². The molecule has 136 valence electrons. The van der Waals surface area contributed by atoms with Crippen molar-refractivity contribution in [3.05, 3.63) is 70.8 Å². The Labute approximate surface area is 149 Å². The van der Waals surface area contributed by atoms with Crippen molar-refractivity contribution in [2.24, 2.45) is 0 Å². The van der Waals surface area contributed by atoms with Gasteiger partial charge in [-0.25, -0.2) is 15.1 Å². The van der Waals surface area contributed by atoms with E-state index < -0.39 is 17.8 Å². The summed E-state index contributed by atoms with van der Waals surface area (Å²) in [6, 6.07) is 12.6. The summed E-state index contributed by atoms with van der Waals surface area (Å²) >= 11 is 0. The first-order valence-corrected chi connectivity index (χ1v) is 7.69. The van der Waals surface area contributed by atoms with E-state index >= 15 is 0 Å². The van der Waals surface area contributed by atoms with Crippen LogP contribution in [0.2, 0.25) is 0 Å². The fraction of sp³-hybridized carbons (Fsp3) is 0.167. The monoisotopic (exact) mass is 358 g/mol. The minimum Gasteiger partial charge on any atom is -0.478 e. The molecule has 0 bridgehead atoms. The molecular formula is C18H18N2O6. The minimum absolute atomic E-state index is 0.127. The van der Waals surface area contributed by atoms with E-state index in [2.05, 4.69) is 0 Å². The Morgan fingerprint density at radius 2 is 1.31 bits per heavy atom. The average Bonchev–Trinajstić information content (AvgIpc) is 2.61. The number of carbonyl (C=O) groups excluding carboxylic acids is 1. The molecule has 0 saturated carbocycles. The number of carbonyl (C=O) groups is 3. The molecule has 26 heavy (non-hydrogen) atoms. The Morgan fingerprint density at radius 3 is 1.69 bits per heavy atom. The quantitative estimate of drug-likeness (QED) is 0.417. The van der Waals surface area contributed by atoms with Crippen LogP contribution < -0.4 is 5.48 Å². The number of nitrogens with zero attached hydrogens (tertiary/aromatic N) is 1. The van der Waals surface area contributed by atoms with Gasteiger partial charge in [0.2, 0.25) is 0 Å². The second kappa shape index (κ2) is 8.75. The lowest BCUT2D eigenvalue weighted by Crippen LogP contribution is -2.35. The predicted molar refractivity (Wildman–Crippen MR) is 90.8 cm³/mol. The highest BCUT2D eigenvalue weighted by Gasteiger charge is 2.14. The topological polar surface area (TPSA) is 127 Å². The minimum atomic E-state index is -1.05. The lowest BCUT2D eigenvalue weighted by Gasteiger charge is -2.22. The molecule has 2 rings (SSSR count). The van der Waals surface area contributed by atoms with Crippen LogP contribution in [0.25, 0.3) is 0 Å². The molecule has 2 aromatic rings. The second-order valence-corrected chi connectivity index (χ2v) is 5.69. The van der Waals surface area contributed by atoms with E-state index in [1.165, 1.54) is 24.3 Å². The van der Waals surface area contributed by atoms with Gasteiger partial charge in [0.05, 0.1) is 17.7 Å². The van der Waals surface area contributed by atoms with Crippen molar-refractivity contribution in [1.82, 2.24) is 10.4 Å². The van der Waals surface area contributed by atoms with Crippen LogP contribution in [-0.4, -0.2) is 44.7 Å². The third kappa shape index (κ3) is 5.40. The summed E-state index contributed by atoms with van der Waals surface area (Å²) in [5, 5.41) is 26.9. The number of rotatable bonds is 8. The summed E-state index contributed by atoms with van der Waals surface area (Å²) in [4.78, 5) is 35.4. The predicted octanol–water partition coefficient (Wildman–Crippen LogP) is 1.59. The number of hydroxylamine groups is 1. The first-order chi connectivity index (χ1) is 12.4. The molecule has 0 unspecified atom stereocenters. The van der Waals surface area contributed by atoms with Crippen LogP contribution in [0.4, 0.5) is 0 Å². The maximum absolute atomic E-state index is 11.6. The van der Waals surface area contributed by atoms with Gasteiger partial charge in [0, 0.05) is 13.1 Å². The van der Waals surface area contributed by atoms with Gasteiger partial charge in [-0.15, -0.1) is 0 Å². The van der Waals surface area contributed by atoms with Crippen LogP contribution in [0.15, 0.2) is 48.5 Å². The zero-order valence-corrected chi connectivity index (χ0v) is 13.8. The molecule has 0 aliphatic rings. The summed E-state index contributed by atoms with van der Waals surface area (Å²) in [5.41, 5.74) is 3.15. The zero-order chi connectivity index (χ0) is 19.1. The maximum atomic E-state index is 11.6. The lowest BCUT2D eigenvalue weighted by molar-refractivity contribution is -0.130. The van der Waals surface area contributed by atoms with Gasteiger partial charge < -0.3 is 10.2 Å². The van der Waals surface area contributed by atoms with Gasteiger partial charge in [0.1, 0.15) is 0 Å². The fourth-order valence-electron chi connectivity index (χ4n) is 2.53. The molecule has 0 atom stereocenters. The Morgan fingerprint density at radius 1 is 0.846 bits per heavy atom. The first-order valence-electron chi connectivity index (χ1n) is 7.69. The SMILES string of the molecule is O=C(CN(Cc1cccc(C(=O)O)c1)Cc1cccc(C(=O)O)c1)NO. The van der Waals surface area contributed by atoms with Crippen molar-refractivity contribution in [3.8, 4) is 0 Å². The van der Waals surface area contributed by atoms with Gasteiger partial charge >= 0.3 is 11.9 Å². The Balaban J connectivity index is 2.22. The van der Waals surface area contributed by atoms with Crippen LogP contribution in [0.3, 0.4) is 0 Å². The summed E-state index contributed by atoms with van der Waals surface area (Å²) in [6.07, 6.45) is 0. The molecule has 0 heterocycles. The molecule has 0 aromatic heterocycles. The number of carboxylic acid groups (broad SMARTS) is 2. The van der Waals surface area contributed by atoms with E-state index in [4.69, 9.17) is 15.4 Å². The number of hydrogen-bond acceptors (Lipinski definition) is 5. The van der Waals surface area contributed by atoms with E-state index in [0.29, 0.717) is 11.1 Å². The van der Waals surface area contributed by atoms with Crippen LogP contribution in [0, 0.1) is 0 Å². The third-order valence-corrected chi connectivity index (χ3v) is 3.65. The van der Waals surface area contributed by atoms with Crippen LogP contribution in [0.1, 0.15) is 31.8 Å². The number of hydrogen-bond donors (Lipinski definition) is 4. The molecular weight excluding hydrogens is 340 g/mol. The molecule has 0 spiro atoms. The van der Waals surface area contributed by atoms with E-state index in [1.807, 2.05) is 0 Å². The van der Waals surface area contributed by atoms with Crippen LogP contribution >= 0.6 is 0 Å². The van der Waals surface area contributed by atoms with E-state index in [-0.39, 0.29) is 30.8 Å². The lowest BCUT2D eigenvalue weighted by atomic mass is 10.1. The van der Waals surface area contributed by atoms with Gasteiger partial charge in [-0.2, -0.15) is 0 Å². The van der Waals surface area contributed by atoms with E-state index in [0.717, 1.165) is 0 Å². The highest BCUT2D eigenvalue weighted by Crippen LogP contribution is 2.13. The summed E-state index contributed by atoms with van der Waals surface area (Å²) in [6.45, 7) is 0.336. The highest BCUT2D eigenvalue weighted by molar-refractivity contribution is 5.88. The van der Waals surface area contributed by atoms with Crippen LogP contribution in [0.5, 0.6) is 0 Å². The smallest absolute Gasteiger partial charge is 0.335 e. The maximum Gasteiger partial charge on any atom is 0.335 e. The number of nitrogens with one attached hydrogen (secondary N) is 1. The molecule has 0 fully saturated rings. The van der Waals surface area contributed by atoms with E-state index in [9.17, 15) is 14.4 Å². The zero-order valence-electron chi connectivity index (χ0n) is 13.8. The molecule has 4 N–H and O–H groups in total. The number of carboxylic acids is 2. The van der Waals surface area contributed by atoms with Crippen molar-refractivity contribution in [2.75, 3.05) is 6.54 Å². The van der Waals surface area contributed by atoms with Gasteiger partial charge in [0.15, 0.2) is 0 Å². The first kappa shape index (κ1) is 19.1. The second-order valence-electron chi connectivity index (χ2n) is 5.69. The van der Waals surface area contributed by atoms with Crippen molar-refractivity contribution in [3.63, 3.8) is 0 Å². The molecule has 0 aliphatic carbocycles. The standard InChI is InChI=1S/C18H18N2O6/c21-16(19-26)11-20(9-12-3-1-5-14(7-12)17(22)23)10-13-4-2-6-15(8-13)18(24)25/h1-8,26H,9-11H2,(H,19,21)(H,22,23)(H,24,25). The van der Waals surface area contributed by atoms with Crippen molar-refractivity contribution in [2.45, 2.75) is 13.1 Å². The molecule has 1 amide bonds. The van der Waals surface area contributed by atoms with Gasteiger partial charge in [-0.3, -0.25) is 14.9 Å². The third-order valence-electron chi connectivity index (χ3n) is 3.65. The molecule has 0 aliphatic heterocycles. The molecule has 8 nitrogen and oxygen atoms in total. The van der Waals surface area contributed by atoms with Crippen LogP contribution in [-0.2, 0) is 17.9 Å². The summed E-state index contributed by atoms with van der Waals surface area (Å²) in [7, 11) is 0. The van der Waals surface area contributed by atoms with Gasteiger partial charge in [-0.05, 0) is 35.4 Å². The van der Waals surface area contributed by atoms with Crippen molar-refractivity contribution < 1.29 is 29.8 Å². The molecule has 0 saturated heterocycles. The van der Waals surface area contributed by atoms with Crippen molar-refractivity contribution in [1.29, 1.82) is 0 Å². The number of amides is 1. The largest absolute Gasteiger partial charge is 0.478 e. The average molecular weight is 358 g/mol. The molecule has 8 heteroatoms. The Bertz CT molecular complexity index is 761. The highest BCUT2D eigenvalue weighted by atomic mass is 16.5. The molecule has 2 aromatic carbocycles. The van der Waals surface area contributed by atoms with E-state index in [1.54, 1.807) is 34.6 Å². The Kier molecular flexibility index (Phi) is 6.42. The number of benzene rings is 2. The normalized spacial score (nSPS) is 10.5. The summed E-state index contributed by atoms with van der Waals surface area (Å²) in [5.74, 6) is -2.74. The summed E-state index contributed by atoms with van der Waals surface area (Å²) < 4.78 is 0. The number of aromatic carboxylic acids is 2.